The van der Waals surface area contributed by atoms with Gasteiger partial charge >= 0.3 is 0 Å². The van der Waals surface area contributed by atoms with Crippen molar-refractivity contribution in [2.24, 2.45) is 0 Å². The van der Waals surface area contributed by atoms with Gasteiger partial charge in [-0.3, -0.25) is 0 Å². The summed E-state index contributed by atoms with van der Waals surface area (Å²) in [5.74, 6) is 0.654. The van der Waals surface area contributed by atoms with Gasteiger partial charge in [0.05, 0.1) is 18.8 Å². The molecule has 2 heterocycles. The predicted octanol–water partition coefficient (Wildman–Crippen LogP) is 1.50. The zero-order valence-corrected chi connectivity index (χ0v) is 14.5. The molecule has 2 atom stereocenters. The summed E-state index contributed by atoms with van der Waals surface area (Å²) in [5.41, 5.74) is 2.09. The minimum Gasteiger partial charge on any atom is -0.374 e. The first-order valence-corrected chi connectivity index (χ1v) is 8.57. The lowest BCUT2D eigenvalue weighted by molar-refractivity contribution is -0.129. The van der Waals surface area contributed by atoms with E-state index in [1.54, 1.807) is 0 Å². The Morgan fingerprint density at radius 1 is 1.32 bits per heavy atom. The molecule has 135 valence electrons. The monoisotopic (exact) mass is 346 g/mol. The van der Waals surface area contributed by atoms with Crippen molar-refractivity contribution in [2.45, 2.75) is 32.3 Å². The molecule has 1 saturated heterocycles. The van der Waals surface area contributed by atoms with Crippen LogP contribution in [0.5, 0.6) is 0 Å². The van der Waals surface area contributed by atoms with Gasteiger partial charge in [0, 0.05) is 31.7 Å². The van der Waals surface area contributed by atoms with Gasteiger partial charge in [-0.2, -0.15) is 0 Å². The molecule has 0 bridgehead atoms. The normalized spacial score (nSPS) is 20.9. The Balaban J connectivity index is 1.56. The number of ether oxygens (including phenoxy) is 3. The molecule has 1 radical (unpaired) electrons. The largest absolute Gasteiger partial charge is 0.374 e. The van der Waals surface area contributed by atoms with Crippen molar-refractivity contribution in [1.29, 1.82) is 0 Å². The Hall–Kier alpha value is -1.87. The molecule has 0 amide bonds. The summed E-state index contributed by atoms with van der Waals surface area (Å²) in [5, 5.41) is 17.5. The van der Waals surface area contributed by atoms with Gasteiger partial charge in [0.15, 0.2) is 12.1 Å². The molecule has 8 heteroatoms. The van der Waals surface area contributed by atoms with Crippen LogP contribution in [0.4, 0.5) is 0 Å². The van der Waals surface area contributed by atoms with E-state index in [-0.39, 0.29) is 18.4 Å². The van der Waals surface area contributed by atoms with Crippen molar-refractivity contribution >= 4 is 0 Å². The number of aromatic nitrogens is 4. The van der Waals surface area contributed by atoms with Crippen LogP contribution in [0.3, 0.4) is 0 Å². The predicted molar refractivity (Wildman–Crippen MR) is 91.4 cm³/mol. The number of nitrogens with zero attached hydrogens (tertiary/aromatic N) is 3. The molecule has 25 heavy (non-hydrogen) atoms. The molecule has 0 unspecified atom stereocenters. The average molecular weight is 346 g/mol. The van der Waals surface area contributed by atoms with E-state index in [1.165, 1.54) is 0 Å². The van der Waals surface area contributed by atoms with Crippen molar-refractivity contribution < 1.29 is 14.2 Å². The lowest BCUT2D eigenvalue weighted by Gasteiger charge is -2.32. The number of nitrogens with one attached hydrogen (secondary N) is 2. The van der Waals surface area contributed by atoms with Gasteiger partial charge in [-0.15, -0.1) is 5.10 Å². The highest BCUT2D eigenvalue weighted by Crippen LogP contribution is 2.23. The Kier molecular flexibility index (Phi) is 6.46. The van der Waals surface area contributed by atoms with Gasteiger partial charge in [0.2, 0.25) is 0 Å². The van der Waals surface area contributed by atoms with E-state index in [0.29, 0.717) is 32.2 Å². The average Bonchev–Trinajstić information content (AvgIpc) is 3.18. The van der Waals surface area contributed by atoms with E-state index < -0.39 is 0 Å². The number of morpholine rings is 1. The molecule has 0 aliphatic carbocycles. The topological polar surface area (TPSA) is 94.2 Å². The number of aromatic amines is 1. The molecule has 2 aromatic rings. The molecular weight excluding hydrogens is 322 g/mol. The van der Waals surface area contributed by atoms with Crippen LogP contribution < -0.4 is 5.32 Å². The lowest BCUT2D eigenvalue weighted by atomic mass is 10.0. The highest BCUT2D eigenvalue weighted by Gasteiger charge is 2.26. The van der Waals surface area contributed by atoms with E-state index in [2.05, 4.69) is 38.1 Å². The van der Waals surface area contributed by atoms with Gasteiger partial charge in [-0.25, -0.2) is 5.10 Å². The maximum atomic E-state index is 5.97. The standard InChI is InChI=1S/C17H24N5O3/c1-3-23-16(24-4-2)9-14-10-18-15(11-25-14)12-6-5-7-13(8-12)17-19-21-22-20-17/h5-9,14-16,18H,3-4,10-11H2,1-2H3,(H,19,20,21,22)/t14-,15-/m1/s1. The fourth-order valence-electron chi connectivity index (χ4n) is 2.78. The summed E-state index contributed by atoms with van der Waals surface area (Å²) in [6, 6.07) is 8.23. The molecule has 8 nitrogen and oxygen atoms in total. The summed E-state index contributed by atoms with van der Waals surface area (Å²) >= 11 is 0. The molecule has 2 N–H and O–H groups in total. The van der Waals surface area contributed by atoms with Crippen molar-refractivity contribution in [2.75, 3.05) is 26.4 Å². The molecule has 0 spiro atoms. The maximum Gasteiger partial charge on any atom is 0.179 e. The molecule has 1 fully saturated rings. The van der Waals surface area contributed by atoms with Crippen LogP contribution in [0.1, 0.15) is 25.5 Å². The number of rotatable bonds is 8. The van der Waals surface area contributed by atoms with Crippen molar-refractivity contribution in [1.82, 2.24) is 25.9 Å². The first-order chi connectivity index (χ1) is 12.3. The summed E-state index contributed by atoms with van der Waals surface area (Å²) in [6.07, 6.45) is 1.59. The number of hydrogen-bond donors (Lipinski definition) is 2. The Bertz CT molecular complexity index is 623. The van der Waals surface area contributed by atoms with Gasteiger partial charge in [0.25, 0.3) is 0 Å². The molecule has 1 aromatic carbocycles. The summed E-state index contributed by atoms with van der Waals surface area (Å²) in [6.45, 7) is 6.39. The van der Waals surface area contributed by atoms with Crippen LogP contribution in [0.25, 0.3) is 11.4 Å². The number of H-pyrrole nitrogens is 1. The van der Waals surface area contributed by atoms with Crippen LogP contribution >= 0.6 is 0 Å². The second-order valence-corrected chi connectivity index (χ2v) is 5.68. The number of tetrazole rings is 1. The zero-order valence-electron chi connectivity index (χ0n) is 14.5. The zero-order chi connectivity index (χ0) is 17.5. The van der Waals surface area contributed by atoms with Crippen LogP contribution in [-0.4, -0.2) is 59.4 Å². The molecule has 3 rings (SSSR count). The van der Waals surface area contributed by atoms with E-state index in [0.717, 1.165) is 11.1 Å². The first-order valence-electron chi connectivity index (χ1n) is 8.57. The summed E-state index contributed by atoms with van der Waals surface area (Å²) in [7, 11) is 0. The van der Waals surface area contributed by atoms with Crippen LogP contribution in [0.2, 0.25) is 0 Å². The Labute approximate surface area is 147 Å². The van der Waals surface area contributed by atoms with Crippen molar-refractivity contribution in [3.8, 4) is 11.4 Å². The highest BCUT2D eigenvalue weighted by molar-refractivity contribution is 5.55. The smallest absolute Gasteiger partial charge is 0.179 e. The summed E-state index contributed by atoms with van der Waals surface area (Å²) in [4.78, 5) is 0. The Morgan fingerprint density at radius 2 is 2.16 bits per heavy atom. The molecular formula is C17H24N5O3. The van der Waals surface area contributed by atoms with E-state index in [9.17, 15) is 0 Å². The van der Waals surface area contributed by atoms with Gasteiger partial charge in [-0.1, -0.05) is 18.2 Å². The lowest BCUT2D eigenvalue weighted by Crippen LogP contribution is -2.43. The van der Waals surface area contributed by atoms with Crippen LogP contribution in [-0.2, 0) is 14.2 Å². The Morgan fingerprint density at radius 3 is 2.80 bits per heavy atom. The molecule has 1 aromatic heterocycles. The van der Waals surface area contributed by atoms with Crippen LogP contribution in [0, 0.1) is 6.42 Å². The summed E-state index contributed by atoms with van der Waals surface area (Å²) < 4.78 is 17.1. The fraction of sp³-hybridized carbons (Fsp3) is 0.529. The van der Waals surface area contributed by atoms with Crippen molar-refractivity contribution in [3.63, 3.8) is 0 Å². The highest BCUT2D eigenvalue weighted by atomic mass is 16.7. The second-order valence-electron chi connectivity index (χ2n) is 5.68. The second kappa shape index (κ2) is 9.00. The van der Waals surface area contributed by atoms with Gasteiger partial charge < -0.3 is 19.5 Å². The van der Waals surface area contributed by atoms with Crippen LogP contribution in [0.15, 0.2) is 24.3 Å². The first kappa shape index (κ1) is 17.9. The van der Waals surface area contributed by atoms with E-state index in [1.807, 2.05) is 32.4 Å². The third-order valence-electron chi connectivity index (χ3n) is 3.98. The quantitative estimate of drug-likeness (QED) is 0.700. The minimum absolute atomic E-state index is 0.0407. The SMILES string of the molecule is CCOC([CH][C@@H]1CN[C@@H](c2cccc(-c3nnn[nH]3)c2)CO1)OCC. The number of hydrogen-bond acceptors (Lipinski definition) is 7. The molecule has 1 aliphatic heterocycles. The third-order valence-corrected chi connectivity index (χ3v) is 3.98. The third kappa shape index (κ3) is 4.82. The number of benzene rings is 1. The minimum atomic E-state index is -0.333. The fourth-order valence-corrected chi connectivity index (χ4v) is 2.78. The molecule has 1 aliphatic rings. The van der Waals surface area contributed by atoms with Crippen molar-refractivity contribution in [3.05, 3.63) is 36.2 Å². The van der Waals surface area contributed by atoms with Gasteiger partial charge in [0.1, 0.15) is 0 Å². The molecule has 0 saturated carbocycles. The maximum absolute atomic E-state index is 5.97. The van der Waals surface area contributed by atoms with Gasteiger partial charge in [-0.05, 0) is 35.9 Å². The van der Waals surface area contributed by atoms with E-state index >= 15 is 0 Å². The van der Waals surface area contributed by atoms with E-state index in [4.69, 9.17) is 14.2 Å².